The van der Waals surface area contributed by atoms with Crippen LogP contribution in [0.5, 0.6) is 0 Å². The van der Waals surface area contributed by atoms with Crippen LogP contribution in [0.2, 0.25) is 0 Å². The predicted molar refractivity (Wildman–Crippen MR) is 68.8 cm³/mol. The first kappa shape index (κ1) is 12.0. The van der Waals surface area contributed by atoms with Gasteiger partial charge in [0, 0.05) is 18.8 Å². The van der Waals surface area contributed by atoms with Gasteiger partial charge < -0.3 is 0 Å². The Hall–Kier alpha value is -2.04. The quantitative estimate of drug-likeness (QED) is 0.609. The number of aromatic nitrogens is 3. The molecule has 0 radical (unpaired) electrons. The van der Waals surface area contributed by atoms with Gasteiger partial charge in [-0.15, -0.1) is 0 Å². The van der Waals surface area contributed by atoms with E-state index < -0.39 is 5.92 Å². The molecular formula is C14H15N3O2. The van der Waals surface area contributed by atoms with E-state index in [9.17, 15) is 9.59 Å². The molecule has 5 heteroatoms. The lowest BCUT2D eigenvalue weighted by molar-refractivity contribution is -0.123. The minimum Gasteiger partial charge on any atom is -0.299 e. The van der Waals surface area contributed by atoms with Crippen LogP contribution in [0.25, 0.3) is 5.52 Å². The fourth-order valence-corrected chi connectivity index (χ4v) is 2.68. The van der Waals surface area contributed by atoms with E-state index in [1.165, 1.54) is 6.20 Å². The molecule has 0 spiro atoms. The highest BCUT2D eigenvalue weighted by molar-refractivity contribution is 6.13. The summed E-state index contributed by atoms with van der Waals surface area (Å²) in [6.07, 6.45) is 8.49. The largest absolute Gasteiger partial charge is 0.299 e. The molecule has 3 rings (SSSR count). The van der Waals surface area contributed by atoms with Crippen molar-refractivity contribution in [2.75, 3.05) is 0 Å². The third-order valence-corrected chi connectivity index (χ3v) is 3.82. The summed E-state index contributed by atoms with van der Waals surface area (Å²) in [6.45, 7) is 2.09. The van der Waals surface area contributed by atoms with Crippen molar-refractivity contribution in [1.82, 2.24) is 14.6 Å². The second kappa shape index (κ2) is 4.57. The summed E-state index contributed by atoms with van der Waals surface area (Å²) in [6, 6.07) is 0. The minimum absolute atomic E-state index is 0.0614. The van der Waals surface area contributed by atoms with Crippen LogP contribution < -0.4 is 0 Å². The van der Waals surface area contributed by atoms with Gasteiger partial charge in [0.15, 0.2) is 5.78 Å². The van der Waals surface area contributed by atoms with Crippen molar-refractivity contribution in [2.24, 2.45) is 11.8 Å². The molecule has 2 aromatic rings. The minimum atomic E-state index is -0.503. The predicted octanol–water partition coefficient (Wildman–Crippen LogP) is 1.92. The number of Topliss-reactive ketones (excluding diaryl/α,β-unsaturated/α-hetero) is 2. The number of nitrogens with zero attached hydrogens (tertiary/aromatic N) is 3. The first-order valence-corrected chi connectivity index (χ1v) is 6.51. The van der Waals surface area contributed by atoms with E-state index in [1.807, 2.05) is 0 Å². The van der Waals surface area contributed by atoms with Crippen molar-refractivity contribution >= 4 is 17.1 Å². The van der Waals surface area contributed by atoms with Crippen LogP contribution in [0, 0.1) is 11.8 Å². The van der Waals surface area contributed by atoms with Crippen molar-refractivity contribution in [1.29, 1.82) is 0 Å². The smallest absolute Gasteiger partial charge is 0.177 e. The van der Waals surface area contributed by atoms with Gasteiger partial charge in [-0.2, -0.15) is 5.10 Å². The molecule has 2 heterocycles. The number of rotatable bonds is 2. The van der Waals surface area contributed by atoms with Crippen LogP contribution in [0.1, 0.15) is 36.5 Å². The number of carbonyl (C=O) groups excluding carboxylic acids is 2. The van der Waals surface area contributed by atoms with Gasteiger partial charge in [0.05, 0.1) is 29.4 Å². The second-order valence-electron chi connectivity index (χ2n) is 5.23. The average Bonchev–Trinajstić information content (AvgIpc) is 2.84. The van der Waals surface area contributed by atoms with Gasteiger partial charge in [-0.3, -0.25) is 14.6 Å². The van der Waals surface area contributed by atoms with Gasteiger partial charge >= 0.3 is 0 Å². The highest BCUT2D eigenvalue weighted by atomic mass is 16.2. The standard InChI is InChI=1S/C14H15N3O2/c1-9-2-3-13(18)10(6-9)14(19)11-7-16-17-5-4-15-8-12(11)17/h4-5,7-10H,2-3,6H2,1H3. The molecule has 0 bridgehead atoms. The highest BCUT2D eigenvalue weighted by Crippen LogP contribution is 2.29. The van der Waals surface area contributed by atoms with Crippen molar-refractivity contribution < 1.29 is 9.59 Å². The van der Waals surface area contributed by atoms with Crippen molar-refractivity contribution in [2.45, 2.75) is 26.2 Å². The maximum Gasteiger partial charge on any atom is 0.177 e. The van der Waals surface area contributed by atoms with E-state index in [0.717, 1.165) is 6.42 Å². The Morgan fingerprint density at radius 3 is 3.11 bits per heavy atom. The van der Waals surface area contributed by atoms with Crippen molar-refractivity contribution in [3.63, 3.8) is 0 Å². The highest BCUT2D eigenvalue weighted by Gasteiger charge is 2.33. The van der Waals surface area contributed by atoms with Gasteiger partial charge in [0.1, 0.15) is 5.78 Å². The number of hydrogen-bond donors (Lipinski definition) is 0. The number of fused-ring (bicyclic) bond motifs is 1. The Labute approximate surface area is 110 Å². The number of carbonyl (C=O) groups is 2. The molecule has 5 nitrogen and oxygen atoms in total. The Kier molecular flexibility index (Phi) is 2.89. The Bertz CT molecular complexity index is 647. The third kappa shape index (κ3) is 2.05. The molecule has 0 amide bonds. The SMILES string of the molecule is CC1CCC(=O)C(C(=O)c2cnn3ccncc23)C1. The topological polar surface area (TPSA) is 64.3 Å². The number of hydrogen-bond acceptors (Lipinski definition) is 4. The monoisotopic (exact) mass is 257 g/mol. The van der Waals surface area contributed by atoms with E-state index >= 15 is 0 Å². The fourth-order valence-electron chi connectivity index (χ4n) is 2.68. The van der Waals surface area contributed by atoms with E-state index in [1.54, 1.807) is 23.1 Å². The average molecular weight is 257 g/mol. The zero-order valence-electron chi connectivity index (χ0n) is 10.7. The second-order valence-corrected chi connectivity index (χ2v) is 5.23. The van der Waals surface area contributed by atoms with E-state index in [2.05, 4.69) is 17.0 Å². The van der Waals surface area contributed by atoms with Gasteiger partial charge in [-0.1, -0.05) is 6.92 Å². The molecule has 0 N–H and O–H groups in total. The number of ketones is 2. The molecule has 0 saturated heterocycles. The van der Waals surface area contributed by atoms with Gasteiger partial charge in [-0.25, -0.2) is 4.52 Å². The lowest BCUT2D eigenvalue weighted by atomic mass is 9.78. The molecule has 2 unspecified atom stereocenters. The van der Waals surface area contributed by atoms with Crippen LogP contribution in [-0.2, 0) is 4.79 Å². The van der Waals surface area contributed by atoms with E-state index in [0.29, 0.717) is 29.8 Å². The molecule has 1 saturated carbocycles. The lowest BCUT2D eigenvalue weighted by Gasteiger charge is -2.24. The summed E-state index contributed by atoms with van der Waals surface area (Å²) in [4.78, 5) is 28.5. The molecule has 1 aliphatic carbocycles. The van der Waals surface area contributed by atoms with E-state index in [4.69, 9.17) is 0 Å². The summed E-state index contributed by atoms with van der Waals surface area (Å²) in [5.41, 5.74) is 1.17. The maximum atomic E-state index is 12.5. The molecular weight excluding hydrogens is 242 g/mol. The van der Waals surface area contributed by atoms with Crippen LogP contribution >= 0.6 is 0 Å². The van der Waals surface area contributed by atoms with Crippen LogP contribution in [0.3, 0.4) is 0 Å². The molecule has 1 aliphatic rings. The molecule has 2 atom stereocenters. The Morgan fingerprint density at radius 2 is 2.26 bits per heavy atom. The van der Waals surface area contributed by atoms with E-state index in [-0.39, 0.29) is 11.6 Å². The van der Waals surface area contributed by atoms with Gasteiger partial charge in [-0.05, 0) is 18.8 Å². The molecule has 2 aromatic heterocycles. The summed E-state index contributed by atoms with van der Waals surface area (Å²) in [5, 5.41) is 4.12. The van der Waals surface area contributed by atoms with Crippen molar-refractivity contribution in [3.8, 4) is 0 Å². The normalized spacial score (nSPS) is 23.7. The molecule has 19 heavy (non-hydrogen) atoms. The van der Waals surface area contributed by atoms with Gasteiger partial charge in [0.2, 0.25) is 0 Å². The Morgan fingerprint density at radius 1 is 1.42 bits per heavy atom. The molecule has 0 aromatic carbocycles. The Balaban J connectivity index is 1.97. The molecule has 98 valence electrons. The summed E-state index contributed by atoms with van der Waals surface area (Å²) in [5.74, 6) is -0.130. The summed E-state index contributed by atoms with van der Waals surface area (Å²) in [7, 11) is 0. The van der Waals surface area contributed by atoms with Crippen LogP contribution in [0.4, 0.5) is 0 Å². The summed E-state index contributed by atoms with van der Waals surface area (Å²) < 4.78 is 1.61. The molecule has 1 fully saturated rings. The lowest BCUT2D eigenvalue weighted by Crippen LogP contribution is -2.30. The van der Waals surface area contributed by atoms with Gasteiger partial charge in [0.25, 0.3) is 0 Å². The first-order valence-electron chi connectivity index (χ1n) is 6.51. The van der Waals surface area contributed by atoms with Crippen LogP contribution in [-0.4, -0.2) is 26.2 Å². The van der Waals surface area contributed by atoms with Crippen molar-refractivity contribution in [3.05, 3.63) is 30.4 Å². The maximum absolute atomic E-state index is 12.5. The first-order chi connectivity index (χ1) is 9.16. The third-order valence-electron chi connectivity index (χ3n) is 3.82. The van der Waals surface area contributed by atoms with Crippen LogP contribution in [0.15, 0.2) is 24.8 Å². The molecule has 0 aliphatic heterocycles. The fraction of sp³-hybridized carbons (Fsp3) is 0.429. The summed E-state index contributed by atoms with van der Waals surface area (Å²) >= 11 is 0. The zero-order chi connectivity index (χ0) is 13.4. The zero-order valence-corrected chi connectivity index (χ0v) is 10.7.